The summed E-state index contributed by atoms with van der Waals surface area (Å²) < 4.78 is 46.0. The number of rotatable bonds is 7. The fourth-order valence-electron chi connectivity index (χ4n) is 1.46. The lowest BCUT2D eigenvalue weighted by Gasteiger charge is -2.13. The molecule has 0 heterocycles. The molecule has 0 aromatic heterocycles. The Kier molecular flexibility index (Phi) is 6.60. The Labute approximate surface area is 118 Å². The van der Waals surface area contributed by atoms with Crippen LogP contribution in [-0.2, 0) is 16.1 Å². The van der Waals surface area contributed by atoms with Crippen LogP contribution in [0.4, 0.5) is 18.9 Å². The summed E-state index contributed by atoms with van der Waals surface area (Å²) in [4.78, 5) is 0. The normalized spacial score (nSPS) is 11.6. The Bertz CT molecular complexity index is 399. The quantitative estimate of drug-likeness (QED) is 0.769. The van der Waals surface area contributed by atoms with Crippen molar-refractivity contribution in [3.05, 3.63) is 28.2 Å². The third kappa shape index (κ3) is 6.26. The molecule has 1 N–H and O–H groups in total. The highest BCUT2D eigenvalue weighted by atomic mass is 79.9. The van der Waals surface area contributed by atoms with Crippen LogP contribution in [0.2, 0.25) is 0 Å². The molecule has 0 amide bonds. The monoisotopic (exact) mass is 341 g/mol. The Morgan fingerprint density at radius 3 is 2.68 bits per heavy atom. The molecule has 0 atom stereocenters. The molecule has 0 aliphatic rings. The zero-order valence-corrected chi connectivity index (χ0v) is 12.0. The summed E-state index contributed by atoms with van der Waals surface area (Å²) in [6.07, 6.45) is -4.28. The molecular weight excluding hydrogens is 327 g/mol. The van der Waals surface area contributed by atoms with Gasteiger partial charge in [0.1, 0.15) is 6.61 Å². The second-order valence-corrected chi connectivity index (χ2v) is 4.65. The molecule has 0 bridgehead atoms. The topological polar surface area (TPSA) is 30.5 Å². The third-order valence-corrected chi connectivity index (χ3v) is 2.98. The predicted octanol–water partition coefficient (Wildman–Crippen LogP) is 3.59. The summed E-state index contributed by atoms with van der Waals surface area (Å²) in [6, 6.07) is 5.55. The Balaban J connectivity index is 2.43. The van der Waals surface area contributed by atoms with E-state index in [0.29, 0.717) is 13.2 Å². The van der Waals surface area contributed by atoms with Crippen LogP contribution in [0, 0.1) is 0 Å². The minimum absolute atomic E-state index is 0.0154. The van der Waals surface area contributed by atoms with Crippen LogP contribution in [0.15, 0.2) is 22.7 Å². The van der Waals surface area contributed by atoms with E-state index in [-0.39, 0.29) is 6.61 Å². The van der Waals surface area contributed by atoms with E-state index in [0.717, 1.165) is 15.7 Å². The number of alkyl halides is 3. The van der Waals surface area contributed by atoms with Gasteiger partial charge in [-0.2, -0.15) is 13.2 Å². The number of nitrogens with one attached hydrogen (secondary N) is 1. The smallest absolute Gasteiger partial charge is 0.382 e. The standard InChI is InChI=1S/C12H15BrF3NO2/c1-18-7-9-10(13)3-2-4-11(9)17-5-6-19-8-12(14,15)16/h2-4,17H,5-8H2,1H3. The molecule has 1 aromatic carbocycles. The fourth-order valence-corrected chi connectivity index (χ4v) is 1.94. The maximum absolute atomic E-state index is 11.9. The predicted molar refractivity (Wildman–Crippen MR) is 70.2 cm³/mol. The minimum atomic E-state index is -4.28. The number of halogens is 4. The van der Waals surface area contributed by atoms with Gasteiger partial charge in [0.05, 0.1) is 13.2 Å². The van der Waals surface area contributed by atoms with Gasteiger partial charge < -0.3 is 14.8 Å². The van der Waals surface area contributed by atoms with Crippen LogP contribution in [0.25, 0.3) is 0 Å². The van der Waals surface area contributed by atoms with Crippen molar-refractivity contribution in [2.24, 2.45) is 0 Å². The Hall–Kier alpha value is -0.790. The van der Waals surface area contributed by atoms with Crippen molar-refractivity contribution in [3.63, 3.8) is 0 Å². The van der Waals surface area contributed by atoms with Crippen molar-refractivity contribution < 1.29 is 22.6 Å². The molecule has 0 aliphatic carbocycles. The first-order valence-corrected chi connectivity index (χ1v) is 6.38. The van der Waals surface area contributed by atoms with Gasteiger partial charge in [-0.3, -0.25) is 0 Å². The van der Waals surface area contributed by atoms with E-state index in [9.17, 15) is 13.2 Å². The molecule has 108 valence electrons. The number of methoxy groups -OCH3 is 1. The number of ether oxygens (including phenoxy) is 2. The van der Waals surface area contributed by atoms with E-state index in [2.05, 4.69) is 26.0 Å². The zero-order valence-electron chi connectivity index (χ0n) is 10.4. The summed E-state index contributed by atoms with van der Waals surface area (Å²) in [6.45, 7) is -0.535. The molecule has 0 saturated heterocycles. The first-order valence-electron chi connectivity index (χ1n) is 5.58. The lowest BCUT2D eigenvalue weighted by molar-refractivity contribution is -0.172. The van der Waals surface area contributed by atoms with Crippen molar-refractivity contribution in [2.45, 2.75) is 12.8 Å². The molecule has 0 saturated carbocycles. The molecule has 0 unspecified atom stereocenters. The largest absolute Gasteiger partial charge is 0.411 e. The van der Waals surface area contributed by atoms with Crippen LogP contribution in [0.1, 0.15) is 5.56 Å². The average molecular weight is 342 g/mol. The summed E-state index contributed by atoms with van der Waals surface area (Å²) in [5, 5.41) is 3.02. The zero-order chi connectivity index (χ0) is 14.3. The lowest BCUT2D eigenvalue weighted by Crippen LogP contribution is -2.20. The molecule has 0 spiro atoms. The first-order chi connectivity index (χ1) is 8.94. The van der Waals surface area contributed by atoms with Crippen molar-refractivity contribution in [3.8, 4) is 0 Å². The summed E-state index contributed by atoms with van der Waals surface area (Å²) in [5.41, 5.74) is 1.73. The van der Waals surface area contributed by atoms with E-state index >= 15 is 0 Å². The molecule has 1 rings (SSSR count). The summed E-state index contributed by atoms with van der Waals surface area (Å²) >= 11 is 3.40. The first kappa shape index (κ1) is 16.3. The third-order valence-electron chi connectivity index (χ3n) is 2.24. The van der Waals surface area contributed by atoms with E-state index in [1.165, 1.54) is 0 Å². The fraction of sp³-hybridized carbons (Fsp3) is 0.500. The molecule has 7 heteroatoms. The van der Waals surface area contributed by atoms with Crippen LogP contribution in [0.3, 0.4) is 0 Å². The highest BCUT2D eigenvalue weighted by Gasteiger charge is 2.27. The van der Waals surface area contributed by atoms with Gasteiger partial charge in [0.25, 0.3) is 0 Å². The molecule has 3 nitrogen and oxygen atoms in total. The molecule has 0 aliphatic heterocycles. The van der Waals surface area contributed by atoms with Gasteiger partial charge in [-0.15, -0.1) is 0 Å². The molecule has 0 radical (unpaired) electrons. The van der Waals surface area contributed by atoms with Crippen molar-refractivity contribution in [1.82, 2.24) is 0 Å². The Morgan fingerprint density at radius 1 is 1.32 bits per heavy atom. The summed E-state index contributed by atoms with van der Waals surface area (Å²) in [7, 11) is 1.58. The molecule has 1 aromatic rings. The number of benzene rings is 1. The summed E-state index contributed by atoms with van der Waals surface area (Å²) in [5.74, 6) is 0. The minimum Gasteiger partial charge on any atom is -0.382 e. The van der Waals surface area contributed by atoms with Crippen LogP contribution < -0.4 is 5.32 Å². The van der Waals surface area contributed by atoms with Crippen molar-refractivity contribution in [1.29, 1.82) is 0 Å². The SMILES string of the molecule is COCc1c(Br)cccc1NCCOCC(F)(F)F. The van der Waals surface area contributed by atoms with E-state index < -0.39 is 12.8 Å². The van der Waals surface area contributed by atoms with E-state index in [1.807, 2.05) is 18.2 Å². The van der Waals surface area contributed by atoms with Crippen molar-refractivity contribution >= 4 is 21.6 Å². The highest BCUT2D eigenvalue weighted by Crippen LogP contribution is 2.25. The van der Waals surface area contributed by atoms with Crippen LogP contribution in [0.5, 0.6) is 0 Å². The molecular formula is C12H15BrF3NO2. The Morgan fingerprint density at radius 2 is 2.05 bits per heavy atom. The average Bonchev–Trinajstić information content (AvgIpc) is 2.31. The van der Waals surface area contributed by atoms with Gasteiger partial charge in [-0.05, 0) is 12.1 Å². The maximum Gasteiger partial charge on any atom is 0.411 e. The lowest BCUT2D eigenvalue weighted by atomic mass is 10.2. The van der Waals surface area contributed by atoms with Crippen LogP contribution in [-0.4, -0.2) is 33.0 Å². The molecule has 0 fully saturated rings. The van der Waals surface area contributed by atoms with Crippen molar-refractivity contribution in [2.75, 3.05) is 32.2 Å². The van der Waals surface area contributed by atoms with Gasteiger partial charge in [-0.25, -0.2) is 0 Å². The van der Waals surface area contributed by atoms with Gasteiger partial charge >= 0.3 is 6.18 Å². The number of hydrogen-bond acceptors (Lipinski definition) is 3. The maximum atomic E-state index is 11.9. The second-order valence-electron chi connectivity index (χ2n) is 3.79. The van der Waals surface area contributed by atoms with Gasteiger partial charge in [0.15, 0.2) is 0 Å². The number of anilines is 1. The van der Waals surface area contributed by atoms with Gasteiger partial charge in [-0.1, -0.05) is 22.0 Å². The molecule has 19 heavy (non-hydrogen) atoms. The van der Waals surface area contributed by atoms with Gasteiger partial charge in [0.2, 0.25) is 0 Å². The van der Waals surface area contributed by atoms with Gasteiger partial charge in [0, 0.05) is 29.4 Å². The second kappa shape index (κ2) is 7.72. The number of hydrogen-bond donors (Lipinski definition) is 1. The highest BCUT2D eigenvalue weighted by molar-refractivity contribution is 9.10. The van der Waals surface area contributed by atoms with Crippen LogP contribution >= 0.6 is 15.9 Å². The van der Waals surface area contributed by atoms with E-state index in [1.54, 1.807) is 7.11 Å². The van der Waals surface area contributed by atoms with E-state index in [4.69, 9.17) is 4.74 Å².